The maximum Gasteiger partial charge on any atom is 0.161 e. The Bertz CT molecular complexity index is 914. The highest BCUT2D eigenvalue weighted by Crippen LogP contribution is 2.67. The molecule has 1 aromatic rings. The van der Waals surface area contributed by atoms with Gasteiger partial charge >= 0.3 is 0 Å². The van der Waals surface area contributed by atoms with Gasteiger partial charge < -0.3 is 10.2 Å². The molecule has 1 aromatic heterocycles. The van der Waals surface area contributed by atoms with E-state index in [0.717, 1.165) is 48.6 Å². The molecule has 0 aliphatic heterocycles. The lowest BCUT2D eigenvalue weighted by atomic mass is 9.43. The van der Waals surface area contributed by atoms with E-state index in [9.17, 15) is 15.0 Å². The summed E-state index contributed by atoms with van der Waals surface area (Å²) in [5.74, 6) is 1.73. The average Bonchev–Trinajstić information content (AvgIpc) is 3.15. The van der Waals surface area contributed by atoms with Crippen LogP contribution in [-0.2, 0) is 16.2 Å². The molecule has 3 N–H and O–H groups in total. The van der Waals surface area contributed by atoms with Crippen molar-refractivity contribution in [2.45, 2.75) is 84.0 Å². The third-order valence-corrected chi connectivity index (χ3v) is 10.8. The molecule has 4 fully saturated rings. The van der Waals surface area contributed by atoms with Crippen LogP contribution in [0.5, 0.6) is 0 Å². The highest BCUT2D eigenvalue weighted by atomic mass is 79.9. The minimum atomic E-state index is -0.370. The Hall–Kier alpha value is -0.860. The molecule has 4 aliphatic rings. The first kappa shape index (κ1) is 24.8. The molecule has 0 amide bonds. The number of aliphatic hydroxyl groups excluding tert-OH is 2. The lowest BCUT2D eigenvalue weighted by molar-refractivity contribution is -0.177. The molecule has 0 bridgehead atoms. The normalized spacial score (nSPS) is 43.6. The Balaban J connectivity index is 1.24. The largest absolute Gasteiger partial charge is 0.393 e. The molecule has 4 unspecified atom stereocenters. The Kier molecular flexibility index (Phi) is 6.97. The van der Waals surface area contributed by atoms with Crippen molar-refractivity contribution in [3.63, 3.8) is 0 Å². The first-order chi connectivity index (χ1) is 16.3. The van der Waals surface area contributed by atoms with Gasteiger partial charge in [0.15, 0.2) is 5.78 Å². The molecule has 0 saturated heterocycles. The van der Waals surface area contributed by atoms with Crippen LogP contribution in [0.1, 0.15) is 70.8 Å². The number of aliphatic hydroxyl groups is 2. The second kappa shape index (κ2) is 9.55. The maximum absolute atomic E-state index is 12.5. The van der Waals surface area contributed by atoms with Gasteiger partial charge in [-0.1, -0.05) is 13.8 Å². The van der Waals surface area contributed by atoms with Crippen molar-refractivity contribution in [1.82, 2.24) is 10.5 Å². The number of hydroxylamine groups is 1. The van der Waals surface area contributed by atoms with Crippen LogP contribution < -0.4 is 5.48 Å². The molecule has 1 heterocycles. The molecule has 0 aromatic carbocycles. The minimum absolute atomic E-state index is 0.0271. The fraction of sp³-hybridized carbons (Fsp3) is 0.778. The Labute approximate surface area is 211 Å². The van der Waals surface area contributed by atoms with Crippen LogP contribution in [-0.4, -0.2) is 39.7 Å². The van der Waals surface area contributed by atoms with E-state index in [4.69, 9.17) is 4.84 Å². The molecular formula is C27H39BrN2O4. The summed E-state index contributed by atoms with van der Waals surface area (Å²) in [6, 6.07) is 2.35. The highest BCUT2D eigenvalue weighted by molar-refractivity contribution is 9.10. The molecule has 6 nitrogen and oxygen atoms in total. The zero-order valence-corrected chi connectivity index (χ0v) is 22.0. The van der Waals surface area contributed by atoms with Crippen LogP contribution in [0.3, 0.4) is 0 Å². The van der Waals surface area contributed by atoms with E-state index >= 15 is 0 Å². The van der Waals surface area contributed by atoms with E-state index in [0.29, 0.717) is 42.7 Å². The zero-order chi connectivity index (χ0) is 24.1. The predicted molar refractivity (Wildman–Crippen MR) is 132 cm³/mol. The smallest absolute Gasteiger partial charge is 0.161 e. The van der Waals surface area contributed by atoms with Gasteiger partial charge in [-0.15, -0.1) is 0 Å². The molecule has 34 heavy (non-hydrogen) atoms. The Morgan fingerprint density at radius 2 is 2.03 bits per heavy atom. The van der Waals surface area contributed by atoms with Gasteiger partial charge in [0.25, 0.3) is 0 Å². The molecule has 0 radical (unpaired) electrons. The lowest BCUT2D eigenvalue weighted by Gasteiger charge is -2.62. The van der Waals surface area contributed by atoms with E-state index in [2.05, 4.69) is 40.2 Å². The van der Waals surface area contributed by atoms with E-state index < -0.39 is 0 Å². The number of fused-ring (bicyclic) bond motifs is 5. The molecule has 7 heteroatoms. The third-order valence-electron chi connectivity index (χ3n) is 10.4. The van der Waals surface area contributed by atoms with Crippen LogP contribution in [0.15, 0.2) is 22.9 Å². The molecular weight excluding hydrogens is 496 g/mol. The fourth-order valence-electron chi connectivity index (χ4n) is 8.91. The lowest BCUT2D eigenvalue weighted by Crippen LogP contribution is -2.60. The number of pyridine rings is 1. The van der Waals surface area contributed by atoms with Gasteiger partial charge in [-0.25, -0.2) is 0 Å². The summed E-state index contributed by atoms with van der Waals surface area (Å²) in [7, 11) is 0. The minimum Gasteiger partial charge on any atom is -0.393 e. The monoisotopic (exact) mass is 534 g/mol. The zero-order valence-electron chi connectivity index (χ0n) is 20.4. The van der Waals surface area contributed by atoms with Crippen LogP contribution >= 0.6 is 15.9 Å². The van der Waals surface area contributed by atoms with Gasteiger partial charge in [0.05, 0.1) is 12.7 Å². The van der Waals surface area contributed by atoms with Crippen LogP contribution in [0, 0.1) is 40.4 Å². The van der Waals surface area contributed by atoms with E-state index in [1.807, 2.05) is 12.3 Å². The molecule has 9 atom stereocenters. The standard InChI is InChI=1S/C27H39BrN2O4/c1-26-8-7-19(30-34-15-16-9-18(28)13-29-12-16)10-17(26)3-4-20-21-5-6-22(24(33)14-31)27(21,2)11-23(32)25(20)26/h9,12-13,17,19-23,25,30-32H,3-8,10-11,14-15H2,1-2H3/t17?,19?,20-,21?,22+,23-,25?,26-,27-/m0/s1. The number of halogens is 1. The highest BCUT2D eigenvalue weighted by Gasteiger charge is 2.63. The van der Waals surface area contributed by atoms with E-state index in [1.165, 1.54) is 6.42 Å². The van der Waals surface area contributed by atoms with Crippen LogP contribution in [0.25, 0.3) is 0 Å². The topological polar surface area (TPSA) is 91.7 Å². The summed E-state index contributed by atoms with van der Waals surface area (Å²) in [6.07, 6.45) is 11.4. The summed E-state index contributed by atoms with van der Waals surface area (Å²) < 4.78 is 0.954. The number of hydrogen-bond acceptors (Lipinski definition) is 6. The molecule has 5 rings (SSSR count). The number of hydrogen-bond donors (Lipinski definition) is 3. The third kappa shape index (κ3) is 4.19. The van der Waals surface area contributed by atoms with E-state index in [1.54, 1.807) is 6.20 Å². The van der Waals surface area contributed by atoms with Crippen LogP contribution in [0.2, 0.25) is 0 Å². The van der Waals surface area contributed by atoms with Gasteiger partial charge in [0, 0.05) is 28.8 Å². The van der Waals surface area contributed by atoms with Gasteiger partial charge in [-0.3, -0.25) is 14.6 Å². The quantitative estimate of drug-likeness (QED) is 0.467. The average molecular weight is 536 g/mol. The van der Waals surface area contributed by atoms with Crippen molar-refractivity contribution in [3.8, 4) is 0 Å². The summed E-state index contributed by atoms with van der Waals surface area (Å²) in [4.78, 5) is 22.6. The number of Topliss-reactive ketones (excluding diaryl/α,β-unsaturated/α-hetero) is 1. The van der Waals surface area contributed by atoms with Crippen LogP contribution in [0.4, 0.5) is 0 Å². The van der Waals surface area contributed by atoms with Crippen molar-refractivity contribution in [1.29, 1.82) is 0 Å². The van der Waals surface area contributed by atoms with Crippen molar-refractivity contribution in [2.75, 3.05) is 6.61 Å². The number of nitrogens with zero attached hydrogens (tertiary/aromatic N) is 1. The maximum atomic E-state index is 12.5. The summed E-state index contributed by atoms with van der Waals surface area (Å²) in [6.45, 7) is 4.76. The second-order valence-electron chi connectivity index (χ2n) is 12.0. The molecule has 0 spiro atoms. The number of rotatable bonds is 6. The van der Waals surface area contributed by atoms with Crippen molar-refractivity contribution in [2.24, 2.45) is 40.4 Å². The summed E-state index contributed by atoms with van der Waals surface area (Å²) >= 11 is 3.45. The number of aromatic nitrogens is 1. The number of carbonyl (C=O) groups is 1. The van der Waals surface area contributed by atoms with E-state index in [-0.39, 0.29) is 35.2 Å². The second-order valence-corrected chi connectivity index (χ2v) is 12.9. The SMILES string of the molecule is C[C@]12CCC(NOCc3cncc(Br)c3)CC1CC[C@@H]1C2[C@@H](O)C[C@@]2(C)C1CC[C@@H]2C(=O)CO. The first-order valence-electron chi connectivity index (χ1n) is 13.0. The molecule has 188 valence electrons. The summed E-state index contributed by atoms with van der Waals surface area (Å²) in [5, 5.41) is 21.0. The summed E-state index contributed by atoms with van der Waals surface area (Å²) in [5.41, 5.74) is 4.32. The van der Waals surface area contributed by atoms with Crippen molar-refractivity contribution < 1.29 is 19.8 Å². The van der Waals surface area contributed by atoms with Gasteiger partial charge in [-0.2, -0.15) is 5.48 Å². The van der Waals surface area contributed by atoms with Gasteiger partial charge in [0.1, 0.15) is 6.61 Å². The van der Waals surface area contributed by atoms with Gasteiger partial charge in [-0.05, 0) is 113 Å². The van der Waals surface area contributed by atoms with Crippen molar-refractivity contribution in [3.05, 3.63) is 28.5 Å². The fourth-order valence-corrected chi connectivity index (χ4v) is 9.32. The van der Waals surface area contributed by atoms with Crippen molar-refractivity contribution >= 4 is 21.7 Å². The Morgan fingerprint density at radius 1 is 1.21 bits per heavy atom. The van der Waals surface area contributed by atoms with Gasteiger partial charge in [0.2, 0.25) is 0 Å². The molecule has 4 saturated carbocycles. The Morgan fingerprint density at radius 3 is 2.79 bits per heavy atom. The first-order valence-corrected chi connectivity index (χ1v) is 13.8. The number of nitrogens with one attached hydrogen (secondary N) is 1. The molecule has 4 aliphatic carbocycles. The number of carbonyl (C=O) groups excluding carboxylic acids is 1. The predicted octanol–water partition coefficient (Wildman–Crippen LogP) is 4.43. The number of ketones is 1.